The van der Waals surface area contributed by atoms with Gasteiger partial charge in [-0.25, -0.2) is 0 Å². The molecule has 2 fully saturated rings. The molecule has 0 aromatic rings. The zero-order chi connectivity index (χ0) is 6.43. The highest BCUT2D eigenvalue weighted by atomic mass is 32.2. The summed E-state index contributed by atoms with van der Waals surface area (Å²) in [6.45, 7) is 0.718. The zero-order valence-corrected chi connectivity index (χ0v) is 5.69. The number of fused-ring (bicyclic) bond motifs is 1. The summed E-state index contributed by atoms with van der Waals surface area (Å²) in [5.74, 6) is 0.863. The lowest BCUT2D eigenvalue weighted by molar-refractivity contribution is -0.140. The lowest BCUT2D eigenvalue weighted by Gasteiger charge is -2.31. The van der Waals surface area contributed by atoms with E-state index in [9.17, 15) is 9.35 Å². The maximum absolute atomic E-state index is 10.9. The summed E-state index contributed by atoms with van der Waals surface area (Å²) in [5, 5.41) is 0.0949. The van der Waals surface area contributed by atoms with Crippen LogP contribution >= 0.6 is 0 Å². The van der Waals surface area contributed by atoms with Gasteiger partial charge in [0, 0.05) is 0 Å². The molecule has 2 unspecified atom stereocenters. The van der Waals surface area contributed by atoms with Crippen LogP contribution in [0.3, 0.4) is 0 Å². The Bertz CT molecular complexity index is 161. The predicted molar refractivity (Wildman–Crippen MR) is 33.1 cm³/mol. The molecule has 4 heteroatoms. The smallest absolute Gasteiger partial charge is 0.233 e. The fourth-order valence-corrected chi connectivity index (χ4v) is 2.74. The fraction of sp³-hybridized carbons (Fsp3) is 0.800. The Morgan fingerprint density at radius 3 is 3.00 bits per heavy atom. The Hall–Kier alpha value is -0.220. The molecule has 0 aromatic carbocycles. The SMILES string of the molecule is O=C1CC2N1CC[S+]2[O-]. The molecule has 0 radical (unpaired) electrons. The van der Waals surface area contributed by atoms with E-state index < -0.39 is 11.2 Å². The largest absolute Gasteiger partial charge is 0.615 e. The van der Waals surface area contributed by atoms with Gasteiger partial charge in [-0.15, -0.1) is 0 Å². The van der Waals surface area contributed by atoms with Crippen molar-refractivity contribution in [1.29, 1.82) is 0 Å². The molecule has 50 valence electrons. The first-order chi connectivity index (χ1) is 4.29. The monoisotopic (exact) mass is 145 g/mol. The summed E-state index contributed by atoms with van der Waals surface area (Å²) in [6.07, 6.45) is 0.520. The second-order valence-corrected chi connectivity index (χ2v) is 4.04. The number of nitrogens with zero attached hydrogens (tertiary/aromatic N) is 1. The van der Waals surface area contributed by atoms with Crippen molar-refractivity contribution in [2.45, 2.75) is 11.8 Å². The summed E-state index contributed by atoms with van der Waals surface area (Å²) in [5.41, 5.74) is 0. The van der Waals surface area contributed by atoms with Gasteiger partial charge in [0.15, 0.2) is 5.37 Å². The first-order valence-electron chi connectivity index (χ1n) is 2.96. The van der Waals surface area contributed by atoms with Gasteiger partial charge in [0.25, 0.3) is 0 Å². The second-order valence-electron chi connectivity index (χ2n) is 2.33. The minimum absolute atomic E-state index is 0.0949. The highest BCUT2D eigenvalue weighted by Gasteiger charge is 2.49. The number of hydrogen-bond donors (Lipinski definition) is 0. The van der Waals surface area contributed by atoms with Crippen molar-refractivity contribution in [2.24, 2.45) is 0 Å². The molecular formula is C5H7NO2S. The quantitative estimate of drug-likeness (QED) is 0.334. The maximum Gasteiger partial charge on any atom is 0.233 e. The van der Waals surface area contributed by atoms with Crippen LogP contribution in [0.1, 0.15) is 6.42 Å². The molecule has 0 spiro atoms. The lowest BCUT2D eigenvalue weighted by atomic mass is 10.2. The van der Waals surface area contributed by atoms with Gasteiger partial charge in [-0.1, -0.05) is 0 Å². The Kier molecular flexibility index (Phi) is 1.01. The molecule has 3 nitrogen and oxygen atoms in total. The van der Waals surface area contributed by atoms with Crippen LogP contribution in [0.5, 0.6) is 0 Å². The molecule has 2 saturated heterocycles. The van der Waals surface area contributed by atoms with E-state index in [1.54, 1.807) is 4.90 Å². The first-order valence-corrected chi connectivity index (χ1v) is 4.34. The van der Waals surface area contributed by atoms with Crippen LogP contribution in [0.25, 0.3) is 0 Å². The third-order valence-electron chi connectivity index (χ3n) is 1.85. The molecular weight excluding hydrogens is 138 g/mol. The topological polar surface area (TPSA) is 43.4 Å². The van der Waals surface area contributed by atoms with Crippen LogP contribution in [0.2, 0.25) is 0 Å². The van der Waals surface area contributed by atoms with E-state index in [0.717, 1.165) is 6.54 Å². The van der Waals surface area contributed by atoms with E-state index in [2.05, 4.69) is 0 Å². The molecule has 2 aliphatic rings. The van der Waals surface area contributed by atoms with E-state index in [1.165, 1.54) is 0 Å². The second kappa shape index (κ2) is 1.64. The summed E-state index contributed by atoms with van der Waals surface area (Å²) >= 11 is -0.726. The molecule has 0 aromatic heterocycles. The van der Waals surface area contributed by atoms with Crippen LogP contribution in [-0.4, -0.2) is 33.0 Å². The Morgan fingerprint density at radius 2 is 2.56 bits per heavy atom. The van der Waals surface area contributed by atoms with Gasteiger partial charge in [0.05, 0.1) is 13.0 Å². The summed E-state index contributed by atoms with van der Waals surface area (Å²) in [6, 6.07) is 0. The molecule has 2 heterocycles. The summed E-state index contributed by atoms with van der Waals surface area (Å²) < 4.78 is 10.9. The van der Waals surface area contributed by atoms with Gasteiger partial charge >= 0.3 is 0 Å². The Morgan fingerprint density at radius 1 is 1.78 bits per heavy atom. The van der Waals surface area contributed by atoms with Crippen molar-refractivity contribution in [1.82, 2.24) is 4.90 Å². The van der Waals surface area contributed by atoms with Gasteiger partial charge in [-0.3, -0.25) is 9.69 Å². The first kappa shape index (κ1) is 5.56. The molecule has 2 atom stereocenters. The van der Waals surface area contributed by atoms with Gasteiger partial charge in [-0.2, -0.15) is 0 Å². The van der Waals surface area contributed by atoms with Crippen LogP contribution in [-0.2, 0) is 16.0 Å². The molecule has 0 bridgehead atoms. The minimum Gasteiger partial charge on any atom is -0.615 e. The molecule has 1 amide bonds. The van der Waals surface area contributed by atoms with Crippen molar-refractivity contribution < 1.29 is 9.35 Å². The van der Waals surface area contributed by atoms with Crippen LogP contribution in [0.15, 0.2) is 0 Å². The molecule has 0 N–H and O–H groups in total. The van der Waals surface area contributed by atoms with Crippen LogP contribution in [0, 0.1) is 0 Å². The highest BCUT2D eigenvalue weighted by Crippen LogP contribution is 2.29. The van der Waals surface area contributed by atoms with Crippen molar-refractivity contribution >= 4 is 17.1 Å². The van der Waals surface area contributed by atoms with Crippen molar-refractivity contribution in [3.8, 4) is 0 Å². The van der Waals surface area contributed by atoms with Crippen molar-refractivity contribution in [2.75, 3.05) is 12.3 Å². The molecule has 2 rings (SSSR count). The number of carbonyl (C=O) groups is 1. The normalized spacial score (nSPS) is 40.6. The third-order valence-corrected chi connectivity index (χ3v) is 3.47. The standard InChI is InChI=1S/C5H7NO2S/c7-4-3-5-6(4)1-2-9(5)8/h5H,1-3H2. The van der Waals surface area contributed by atoms with Gasteiger partial charge in [0.2, 0.25) is 5.91 Å². The fourth-order valence-electron chi connectivity index (χ4n) is 1.25. The molecule has 2 aliphatic heterocycles. The lowest BCUT2D eigenvalue weighted by Crippen LogP contribution is -2.50. The van der Waals surface area contributed by atoms with E-state index >= 15 is 0 Å². The highest BCUT2D eigenvalue weighted by molar-refractivity contribution is 7.92. The summed E-state index contributed by atoms with van der Waals surface area (Å²) in [4.78, 5) is 12.4. The van der Waals surface area contributed by atoms with Crippen molar-refractivity contribution in [3.63, 3.8) is 0 Å². The number of carbonyl (C=O) groups excluding carboxylic acids is 1. The Labute approximate surface area is 56.2 Å². The third kappa shape index (κ3) is 0.602. The molecule has 0 saturated carbocycles. The summed E-state index contributed by atoms with van der Waals surface area (Å²) in [7, 11) is 0. The van der Waals surface area contributed by atoms with Gasteiger partial charge in [-0.05, 0) is 11.2 Å². The number of β-lactam (4-membered cyclic amide) rings is 1. The Balaban J connectivity index is 2.11. The van der Waals surface area contributed by atoms with E-state index in [4.69, 9.17) is 0 Å². The number of rotatable bonds is 0. The van der Waals surface area contributed by atoms with Crippen LogP contribution in [0.4, 0.5) is 0 Å². The van der Waals surface area contributed by atoms with E-state index in [1.807, 2.05) is 0 Å². The predicted octanol–water partition coefficient (Wildman–Crippen LogP) is -0.693. The zero-order valence-electron chi connectivity index (χ0n) is 4.87. The number of amides is 1. The van der Waals surface area contributed by atoms with Crippen molar-refractivity contribution in [3.05, 3.63) is 0 Å². The molecule has 9 heavy (non-hydrogen) atoms. The minimum atomic E-state index is -0.726. The molecule has 0 aliphatic carbocycles. The van der Waals surface area contributed by atoms with Crippen LogP contribution < -0.4 is 0 Å². The van der Waals surface area contributed by atoms with Gasteiger partial charge < -0.3 is 4.55 Å². The van der Waals surface area contributed by atoms with E-state index in [-0.39, 0.29) is 11.3 Å². The van der Waals surface area contributed by atoms with Gasteiger partial charge in [0.1, 0.15) is 5.75 Å². The maximum atomic E-state index is 10.9. The van der Waals surface area contributed by atoms with E-state index in [0.29, 0.717) is 12.2 Å². The average Bonchev–Trinajstić information content (AvgIpc) is 2.07. The average molecular weight is 145 g/mol. The number of hydrogen-bond acceptors (Lipinski definition) is 2.